The number of carbonyl (C=O) groups is 1. The van der Waals surface area contributed by atoms with Gasteiger partial charge in [0.05, 0.1) is 5.92 Å². The lowest BCUT2D eigenvalue weighted by Crippen LogP contribution is -2.28. The van der Waals surface area contributed by atoms with Gasteiger partial charge in [0.15, 0.2) is 0 Å². The monoisotopic (exact) mass is 196 g/mol. The molecule has 0 spiro atoms. The fourth-order valence-corrected chi connectivity index (χ4v) is 1.50. The molecule has 0 saturated heterocycles. The summed E-state index contributed by atoms with van der Waals surface area (Å²) in [5.41, 5.74) is 0.182. The third-order valence-corrected chi connectivity index (χ3v) is 2.23. The van der Waals surface area contributed by atoms with E-state index >= 15 is 0 Å². The standard InChI is InChI=1S/C10H22B2O2/c1-7(2)8(6-10(3,4)5)9(13)14-12-11/h7-8,12H,6,11H2,1-5H3. The fraction of sp³-hybridized carbons (Fsp3) is 0.900. The Balaban J connectivity index is 4.37. The first-order valence-corrected chi connectivity index (χ1v) is 5.44. The van der Waals surface area contributed by atoms with Crippen LogP contribution in [-0.4, -0.2) is 21.1 Å². The molecule has 2 nitrogen and oxygen atoms in total. The average Bonchev–Trinajstić information content (AvgIpc) is 1.98. The molecular formula is C10H22B2O2. The molecule has 0 fully saturated rings. The zero-order valence-corrected chi connectivity index (χ0v) is 10.4. The van der Waals surface area contributed by atoms with Crippen LogP contribution in [-0.2, 0) is 9.45 Å². The van der Waals surface area contributed by atoms with Crippen molar-refractivity contribution in [3.8, 4) is 0 Å². The molecule has 0 aliphatic carbocycles. The predicted molar refractivity (Wildman–Crippen MR) is 64.2 cm³/mol. The van der Waals surface area contributed by atoms with Gasteiger partial charge in [-0.3, -0.25) is 4.79 Å². The average molecular weight is 196 g/mol. The van der Waals surface area contributed by atoms with E-state index in [1.807, 2.05) is 7.74 Å². The number of rotatable bonds is 4. The van der Waals surface area contributed by atoms with Crippen LogP contribution in [0.1, 0.15) is 41.0 Å². The highest BCUT2D eigenvalue weighted by Crippen LogP contribution is 2.29. The Hall–Kier alpha value is -0.400. The minimum Gasteiger partial charge on any atom is -0.548 e. The van der Waals surface area contributed by atoms with Gasteiger partial charge in [-0.2, -0.15) is 0 Å². The summed E-state index contributed by atoms with van der Waals surface area (Å²) in [5.74, 6) is 0.348. The molecule has 80 valence electrons. The van der Waals surface area contributed by atoms with Gasteiger partial charge in [-0.25, -0.2) is 0 Å². The van der Waals surface area contributed by atoms with E-state index in [0.29, 0.717) is 13.3 Å². The summed E-state index contributed by atoms with van der Waals surface area (Å²) in [6.45, 7) is 10.6. The molecule has 14 heavy (non-hydrogen) atoms. The Kier molecular flexibility index (Phi) is 5.32. The lowest BCUT2D eigenvalue weighted by molar-refractivity contribution is -0.141. The Morgan fingerprint density at radius 3 is 2.21 bits per heavy atom. The second kappa shape index (κ2) is 5.47. The molecule has 4 heteroatoms. The van der Waals surface area contributed by atoms with Gasteiger partial charge in [0, 0.05) is 0 Å². The summed E-state index contributed by atoms with van der Waals surface area (Å²) in [4.78, 5) is 11.6. The van der Waals surface area contributed by atoms with E-state index in [2.05, 4.69) is 34.6 Å². The van der Waals surface area contributed by atoms with Gasteiger partial charge in [-0.15, -0.1) is 0 Å². The summed E-state index contributed by atoms with van der Waals surface area (Å²) in [6, 6.07) is 0. The topological polar surface area (TPSA) is 26.3 Å². The molecule has 1 atom stereocenters. The van der Waals surface area contributed by atoms with Crippen LogP contribution in [0.5, 0.6) is 0 Å². The Morgan fingerprint density at radius 1 is 1.43 bits per heavy atom. The third-order valence-electron chi connectivity index (χ3n) is 2.23. The molecular weight excluding hydrogens is 174 g/mol. The number of hydrogen-bond donors (Lipinski definition) is 0. The van der Waals surface area contributed by atoms with Crippen molar-refractivity contribution in [1.82, 2.24) is 0 Å². The largest absolute Gasteiger partial charge is 0.548 e. The van der Waals surface area contributed by atoms with Gasteiger partial charge in [-0.05, 0) is 17.8 Å². The normalized spacial score (nSPS) is 13.9. The molecule has 0 heterocycles. The lowest BCUT2D eigenvalue weighted by atomic mass is 9.71. The second-order valence-corrected chi connectivity index (χ2v) is 5.37. The maximum absolute atomic E-state index is 11.6. The maximum atomic E-state index is 11.6. The number of hydrogen-bond acceptors (Lipinski definition) is 2. The van der Waals surface area contributed by atoms with E-state index in [-0.39, 0.29) is 17.3 Å². The van der Waals surface area contributed by atoms with Crippen molar-refractivity contribution in [3.05, 3.63) is 0 Å². The quantitative estimate of drug-likeness (QED) is 0.630. The zero-order valence-electron chi connectivity index (χ0n) is 10.4. The third kappa shape index (κ3) is 5.36. The summed E-state index contributed by atoms with van der Waals surface area (Å²) >= 11 is 0. The molecule has 1 unspecified atom stereocenters. The molecule has 0 radical (unpaired) electrons. The molecule has 0 saturated carbocycles. The van der Waals surface area contributed by atoms with Crippen molar-refractivity contribution < 1.29 is 9.45 Å². The van der Waals surface area contributed by atoms with Gasteiger partial charge >= 0.3 is 0 Å². The highest BCUT2D eigenvalue weighted by molar-refractivity contribution is 6.86. The molecule has 0 aliphatic rings. The van der Waals surface area contributed by atoms with Crippen molar-refractivity contribution in [2.75, 3.05) is 0 Å². The first kappa shape index (κ1) is 13.6. The van der Waals surface area contributed by atoms with Crippen LogP contribution in [0.15, 0.2) is 0 Å². The van der Waals surface area contributed by atoms with Crippen LogP contribution >= 0.6 is 0 Å². The Bertz CT molecular complexity index is 185. The van der Waals surface area contributed by atoms with Gasteiger partial charge < -0.3 is 4.65 Å². The van der Waals surface area contributed by atoms with Gasteiger partial charge in [0.25, 0.3) is 13.3 Å². The van der Waals surface area contributed by atoms with E-state index in [0.717, 1.165) is 6.42 Å². The van der Waals surface area contributed by atoms with Crippen LogP contribution < -0.4 is 0 Å². The first-order chi connectivity index (χ1) is 6.28. The molecule has 0 aromatic carbocycles. The predicted octanol–water partition coefficient (Wildman–Crippen LogP) is 1.14. The molecule has 0 aromatic rings. The molecule has 0 bridgehead atoms. The van der Waals surface area contributed by atoms with Crippen molar-refractivity contribution >= 4 is 21.1 Å². The number of carbonyl (C=O) groups excluding carboxylic acids is 1. The van der Waals surface area contributed by atoms with Crippen LogP contribution in [0.25, 0.3) is 0 Å². The lowest BCUT2D eigenvalue weighted by Gasteiger charge is -2.27. The maximum Gasteiger partial charge on any atom is 0.294 e. The second-order valence-electron chi connectivity index (χ2n) is 5.37. The van der Waals surface area contributed by atoms with Gasteiger partial charge in [0.1, 0.15) is 7.74 Å². The highest BCUT2D eigenvalue weighted by atomic mass is 16.5. The minimum absolute atomic E-state index is 0.0370. The van der Waals surface area contributed by atoms with E-state index in [4.69, 9.17) is 4.65 Å². The smallest absolute Gasteiger partial charge is 0.294 e. The van der Waals surface area contributed by atoms with E-state index in [1.165, 1.54) is 0 Å². The first-order valence-electron chi connectivity index (χ1n) is 5.44. The van der Waals surface area contributed by atoms with Crippen LogP contribution in [0, 0.1) is 17.3 Å². The minimum atomic E-state index is -0.0441. The summed E-state index contributed by atoms with van der Waals surface area (Å²) in [6.07, 6.45) is 0.892. The van der Waals surface area contributed by atoms with E-state index in [9.17, 15) is 4.79 Å². The molecule has 0 aliphatic heterocycles. The van der Waals surface area contributed by atoms with E-state index < -0.39 is 0 Å². The van der Waals surface area contributed by atoms with Crippen LogP contribution in [0.3, 0.4) is 0 Å². The fourth-order valence-electron chi connectivity index (χ4n) is 1.50. The van der Waals surface area contributed by atoms with Crippen molar-refractivity contribution in [1.29, 1.82) is 0 Å². The van der Waals surface area contributed by atoms with Crippen LogP contribution in [0.2, 0.25) is 0 Å². The highest BCUT2D eigenvalue weighted by Gasteiger charge is 2.28. The zero-order chi connectivity index (χ0) is 11.4. The molecule has 0 amide bonds. The Labute approximate surface area is 89.5 Å². The van der Waals surface area contributed by atoms with Crippen molar-refractivity contribution in [3.63, 3.8) is 0 Å². The Morgan fingerprint density at radius 2 is 1.93 bits per heavy atom. The molecule has 0 rings (SSSR count). The molecule has 0 N–H and O–H groups in total. The SMILES string of the molecule is BBOC(=O)C(CC(C)(C)C)C(C)C. The summed E-state index contributed by atoms with van der Waals surface area (Å²) in [7, 11) is 2.33. The van der Waals surface area contributed by atoms with Crippen LogP contribution in [0.4, 0.5) is 0 Å². The van der Waals surface area contributed by atoms with Gasteiger partial charge in [-0.1, -0.05) is 34.6 Å². The van der Waals surface area contributed by atoms with Crippen molar-refractivity contribution in [2.24, 2.45) is 17.3 Å². The van der Waals surface area contributed by atoms with E-state index in [1.54, 1.807) is 0 Å². The summed E-state index contributed by atoms with van der Waals surface area (Å²) in [5, 5.41) is 0. The van der Waals surface area contributed by atoms with Crippen molar-refractivity contribution in [2.45, 2.75) is 41.0 Å². The molecule has 0 aromatic heterocycles. The van der Waals surface area contributed by atoms with Gasteiger partial charge in [0.2, 0.25) is 0 Å². The summed E-state index contributed by atoms with van der Waals surface area (Å²) < 4.78 is 5.07.